The highest BCUT2D eigenvalue weighted by molar-refractivity contribution is 7.88. The van der Waals surface area contributed by atoms with Gasteiger partial charge in [0.05, 0.1) is 27.0 Å². The minimum Gasteiger partial charge on any atom is -0.497 e. The monoisotopic (exact) mass is 412 g/mol. The fourth-order valence-corrected chi connectivity index (χ4v) is 4.05. The Morgan fingerprint density at radius 2 is 1.93 bits per heavy atom. The van der Waals surface area contributed by atoms with E-state index in [1.165, 1.54) is 6.26 Å². The molecule has 1 saturated heterocycles. The molecule has 1 aliphatic rings. The summed E-state index contributed by atoms with van der Waals surface area (Å²) in [6.45, 7) is 5.20. The quantitative estimate of drug-likeness (QED) is 0.496. The number of ether oxygens (including phenoxy) is 2. The molecule has 0 aromatic heterocycles. The summed E-state index contributed by atoms with van der Waals surface area (Å²) in [4.78, 5) is 4.65. The van der Waals surface area contributed by atoms with Gasteiger partial charge in [0.2, 0.25) is 10.0 Å². The molecule has 0 spiro atoms. The van der Waals surface area contributed by atoms with Gasteiger partial charge in [0.25, 0.3) is 0 Å². The molecule has 9 heteroatoms. The standard InChI is InChI=1S/C19H32N4O4S/c1-5-20-19(21-13-15-8-10-23(11-9-15)28(4,24)25)22-14-16-6-7-17(26-2)12-18(16)27-3/h6-7,12,15H,5,8-11,13-14H2,1-4H3,(H2,20,21,22). The molecule has 0 unspecified atom stereocenters. The molecule has 0 bridgehead atoms. The third-order valence-corrected chi connectivity index (χ3v) is 6.15. The van der Waals surface area contributed by atoms with Gasteiger partial charge in [-0.3, -0.25) is 0 Å². The van der Waals surface area contributed by atoms with Gasteiger partial charge < -0.3 is 20.1 Å². The van der Waals surface area contributed by atoms with Crippen LogP contribution in [0.5, 0.6) is 11.5 Å². The van der Waals surface area contributed by atoms with E-state index in [-0.39, 0.29) is 0 Å². The van der Waals surface area contributed by atoms with E-state index in [0.717, 1.165) is 49.0 Å². The Kier molecular flexibility index (Phi) is 8.37. The average Bonchev–Trinajstić information content (AvgIpc) is 2.69. The van der Waals surface area contributed by atoms with Gasteiger partial charge in [-0.15, -0.1) is 0 Å². The fraction of sp³-hybridized carbons (Fsp3) is 0.632. The molecule has 0 amide bonds. The molecule has 1 aromatic rings. The first-order valence-corrected chi connectivity index (χ1v) is 11.4. The molecule has 2 rings (SSSR count). The second-order valence-corrected chi connectivity index (χ2v) is 8.84. The molecule has 8 nitrogen and oxygen atoms in total. The number of guanidine groups is 1. The van der Waals surface area contributed by atoms with Crippen LogP contribution in [0.3, 0.4) is 0 Å². The Morgan fingerprint density at radius 3 is 2.50 bits per heavy atom. The van der Waals surface area contributed by atoms with Gasteiger partial charge in [-0.05, 0) is 37.8 Å². The lowest BCUT2D eigenvalue weighted by atomic mass is 9.98. The summed E-state index contributed by atoms with van der Waals surface area (Å²) in [5, 5.41) is 6.63. The van der Waals surface area contributed by atoms with Gasteiger partial charge >= 0.3 is 0 Å². The second-order valence-electron chi connectivity index (χ2n) is 6.86. The zero-order valence-corrected chi connectivity index (χ0v) is 18.0. The number of hydrogen-bond donors (Lipinski definition) is 2. The lowest BCUT2D eigenvalue weighted by Crippen LogP contribution is -2.44. The van der Waals surface area contributed by atoms with Crippen LogP contribution in [0.15, 0.2) is 23.2 Å². The van der Waals surface area contributed by atoms with Crippen molar-refractivity contribution in [2.75, 3.05) is 46.7 Å². The van der Waals surface area contributed by atoms with E-state index >= 15 is 0 Å². The van der Waals surface area contributed by atoms with E-state index in [1.54, 1.807) is 18.5 Å². The van der Waals surface area contributed by atoms with Crippen molar-refractivity contribution in [3.63, 3.8) is 0 Å². The van der Waals surface area contributed by atoms with Crippen LogP contribution < -0.4 is 20.1 Å². The highest BCUT2D eigenvalue weighted by Gasteiger charge is 2.24. The predicted octanol–water partition coefficient (Wildman–Crippen LogP) is 1.43. The van der Waals surface area contributed by atoms with E-state index < -0.39 is 10.0 Å². The SMILES string of the molecule is CCNC(=NCc1ccc(OC)cc1OC)NCC1CCN(S(C)(=O)=O)CC1. The van der Waals surface area contributed by atoms with E-state index in [9.17, 15) is 8.42 Å². The van der Waals surface area contributed by atoms with Crippen LogP contribution in [0.2, 0.25) is 0 Å². The molecular weight excluding hydrogens is 380 g/mol. The normalized spacial score (nSPS) is 16.6. The number of hydrogen-bond acceptors (Lipinski definition) is 5. The first-order valence-electron chi connectivity index (χ1n) is 9.55. The van der Waals surface area contributed by atoms with Gasteiger partial charge in [0.1, 0.15) is 11.5 Å². The molecule has 0 atom stereocenters. The first kappa shape index (κ1) is 22.3. The van der Waals surface area contributed by atoms with Crippen LogP contribution in [0.4, 0.5) is 0 Å². The average molecular weight is 413 g/mol. The molecule has 158 valence electrons. The van der Waals surface area contributed by atoms with Crippen LogP contribution in [-0.2, 0) is 16.6 Å². The predicted molar refractivity (Wildman–Crippen MR) is 112 cm³/mol. The van der Waals surface area contributed by atoms with E-state index in [2.05, 4.69) is 15.6 Å². The number of rotatable bonds is 8. The summed E-state index contributed by atoms with van der Waals surface area (Å²) in [6, 6.07) is 5.69. The van der Waals surface area contributed by atoms with Crippen molar-refractivity contribution in [2.45, 2.75) is 26.3 Å². The Balaban J connectivity index is 1.93. The third-order valence-electron chi connectivity index (χ3n) is 4.85. The van der Waals surface area contributed by atoms with E-state index in [4.69, 9.17) is 9.47 Å². The second kappa shape index (κ2) is 10.5. The summed E-state index contributed by atoms with van der Waals surface area (Å²) in [7, 11) is 0.174. The summed E-state index contributed by atoms with van der Waals surface area (Å²) < 4.78 is 35.5. The van der Waals surface area contributed by atoms with Crippen LogP contribution in [0.25, 0.3) is 0 Å². The summed E-state index contributed by atoms with van der Waals surface area (Å²) in [5.41, 5.74) is 0.974. The molecule has 1 aromatic carbocycles. The number of methoxy groups -OCH3 is 2. The molecule has 1 heterocycles. The lowest BCUT2D eigenvalue weighted by molar-refractivity contribution is 0.275. The van der Waals surface area contributed by atoms with E-state index in [1.807, 2.05) is 25.1 Å². The maximum atomic E-state index is 11.6. The number of nitrogens with one attached hydrogen (secondary N) is 2. The molecule has 0 radical (unpaired) electrons. The Bertz CT molecular complexity index is 759. The Hall–Kier alpha value is -2.00. The van der Waals surface area contributed by atoms with Crippen LogP contribution >= 0.6 is 0 Å². The molecule has 0 saturated carbocycles. The van der Waals surface area contributed by atoms with Gasteiger partial charge in [0.15, 0.2) is 5.96 Å². The molecular formula is C19H32N4O4S. The van der Waals surface area contributed by atoms with Crippen molar-refractivity contribution in [3.8, 4) is 11.5 Å². The number of benzene rings is 1. The summed E-state index contributed by atoms with van der Waals surface area (Å²) >= 11 is 0. The summed E-state index contributed by atoms with van der Waals surface area (Å²) in [6.07, 6.45) is 2.98. The van der Waals surface area contributed by atoms with Crippen molar-refractivity contribution in [1.29, 1.82) is 0 Å². The first-order chi connectivity index (χ1) is 13.4. The maximum absolute atomic E-state index is 11.6. The van der Waals surface area contributed by atoms with Crippen molar-refractivity contribution in [1.82, 2.24) is 14.9 Å². The minimum absolute atomic E-state index is 0.428. The minimum atomic E-state index is -3.08. The molecule has 1 aliphatic heterocycles. The smallest absolute Gasteiger partial charge is 0.211 e. The maximum Gasteiger partial charge on any atom is 0.211 e. The van der Waals surface area contributed by atoms with E-state index in [0.29, 0.717) is 25.6 Å². The summed E-state index contributed by atoms with van der Waals surface area (Å²) in [5.74, 6) is 2.66. The van der Waals surface area contributed by atoms with Crippen molar-refractivity contribution in [3.05, 3.63) is 23.8 Å². The van der Waals surface area contributed by atoms with Gasteiger partial charge in [-0.25, -0.2) is 17.7 Å². The lowest BCUT2D eigenvalue weighted by Gasteiger charge is -2.30. The topological polar surface area (TPSA) is 92.3 Å². The van der Waals surface area contributed by atoms with Gasteiger partial charge in [0, 0.05) is 37.8 Å². The largest absolute Gasteiger partial charge is 0.497 e. The van der Waals surface area contributed by atoms with Crippen molar-refractivity contribution in [2.24, 2.45) is 10.9 Å². The van der Waals surface area contributed by atoms with Crippen LogP contribution in [-0.4, -0.2) is 65.3 Å². The number of nitrogens with zero attached hydrogens (tertiary/aromatic N) is 2. The highest BCUT2D eigenvalue weighted by Crippen LogP contribution is 2.25. The Morgan fingerprint density at radius 1 is 1.21 bits per heavy atom. The fourth-order valence-electron chi connectivity index (χ4n) is 3.17. The van der Waals surface area contributed by atoms with Crippen molar-refractivity contribution >= 4 is 16.0 Å². The van der Waals surface area contributed by atoms with Gasteiger partial charge in [-0.2, -0.15) is 0 Å². The Labute approximate surface area is 168 Å². The zero-order chi connectivity index (χ0) is 20.6. The zero-order valence-electron chi connectivity index (χ0n) is 17.2. The van der Waals surface area contributed by atoms with Crippen LogP contribution in [0, 0.1) is 5.92 Å². The molecule has 2 N–H and O–H groups in total. The molecule has 28 heavy (non-hydrogen) atoms. The number of aliphatic imine (C=N–C) groups is 1. The highest BCUT2D eigenvalue weighted by atomic mass is 32.2. The third kappa shape index (κ3) is 6.56. The molecule has 1 fully saturated rings. The number of sulfonamides is 1. The van der Waals surface area contributed by atoms with Crippen LogP contribution in [0.1, 0.15) is 25.3 Å². The van der Waals surface area contributed by atoms with Gasteiger partial charge in [-0.1, -0.05) is 0 Å². The molecule has 0 aliphatic carbocycles. The van der Waals surface area contributed by atoms with Crippen molar-refractivity contribution < 1.29 is 17.9 Å². The number of piperidine rings is 1.